The van der Waals surface area contributed by atoms with Crippen LogP contribution in [0.1, 0.15) is 44.6 Å². The standard InChI is InChI=1S/C18H24N6O3/c1-4-14-17(25)22-13-7-6-12(8-15(13)27-14)11(3)21-18(26)19-9-16-23-20-10-24(16)5-2/h6-8,10-11,14H,4-5,9H2,1-3H3,(H,22,25)(H2,19,21,26)/t11-,14+/m1/s1. The van der Waals surface area contributed by atoms with E-state index in [0.29, 0.717) is 30.2 Å². The number of carbonyl (C=O) groups is 2. The van der Waals surface area contributed by atoms with E-state index >= 15 is 0 Å². The molecule has 0 bridgehead atoms. The molecule has 2 atom stereocenters. The lowest BCUT2D eigenvalue weighted by atomic mass is 10.1. The van der Waals surface area contributed by atoms with Crippen molar-refractivity contribution in [3.63, 3.8) is 0 Å². The van der Waals surface area contributed by atoms with Crippen molar-refractivity contribution in [1.82, 2.24) is 25.4 Å². The van der Waals surface area contributed by atoms with Crippen molar-refractivity contribution in [3.8, 4) is 5.75 Å². The van der Waals surface area contributed by atoms with Crippen molar-refractivity contribution < 1.29 is 14.3 Å². The van der Waals surface area contributed by atoms with Gasteiger partial charge < -0.3 is 25.3 Å². The third-order valence-corrected chi connectivity index (χ3v) is 4.49. The first kappa shape index (κ1) is 18.7. The number of hydrogen-bond donors (Lipinski definition) is 3. The van der Waals surface area contributed by atoms with Crippen molar-refractivity contribution in [2.75, 3.05) is 5.32 Å². The number of fused-ring (bicyclic) bond motifs is 1. The van der Waals surface area contributed by atoms with E-state index in [1.165, 1.54) is 0 Å². The summed E-state index contributed by atoms with van der Waals surface area (Å²) in [5, 5.41) is 16.3. The highest BCUT2D eigenvalue weighted by Gasteiger charge is 2.26. The average Bonchev–Trinajstić information content (AvgIpc) is 3.13. The number of ether oxygens (including phenoxy) is 1. The first-order valence-electron chi connectivity index (χ1n) is 9.04. The molecule has 9 nitrogen and oxygen atoms in total. The Morgan fingerprint density at radius 3 is 2.96 bits per heavy atom. The van der Waals surface area contributed by atoms with Gasteiger partial charge in [0, 0.05) is 6.54 Å². The number of carbonyl (C=O) groups excluding carboxylic acids is 2. The van der Waals surface area contributed by atoms with Gasteiger partial charge in [0.05, 0.1) is 18.3 Å². The van der Waals surface area contributed by atoms with Crippen LogP contribution in [0.5, 0.6) is 5.75 Å². The number of nitrogens with zero attached hydrogens (tertiary/aromatic N) is 3. The Balaban J connectivity index is 1.60. The molecule has 144 valence electrons. The fraction of sp³-hybridized carbons (Fsp3) is 0.444. The van der Waals surface area contributed by atoms with E-state index in [1.54, 1.807) is 12.4 Å². The number of benzene rings is 1. The molecule has 0 saturated carbocycles. The summed E-state index contributed by atoms with van der Waals surface area (Å²) >= 11 is 0. The summed E-state index contributed by atoms with van der Waals surface area (Å²) in [5.74, 6) is 1.18. The largest absolute Gasteiger partial charge is 0.478 e. The van der Waals surface area contributed by atoms with Crippen LogP contribution in [0.25, 0.3) is 0 Å². The molecule has 1 aliphatic heterocycles. The Labute approximate surface area is 157 Å². The van der Waals surface area contributed by atoms with E-state index in [9.17, 15) is 9.59 Å². The summed E-state index contributed by atoms with van der Waals surface area (Å²) in [4.78, 5) is 24.0. The van der Waals surface area contributed by atoms with E-state index < -0.39 is 6.10 Å². The van der Waals surface area contributed by atoms with E-state index in [1.807, 2.05) is 37.5 Å². The number of urea groups is 1. The highest BCUT2D eigenvalue weighted by Crippen LogP contribution is 2.32. The molecule has 0 spiro atoms. The van der Waals surface area contributed by atoms with Gasteiger partial charge in [-0.05, 0) is 38.0 Å². The lowest BCUT2D eigenvalue weighted by Crippen LogP contribution is -2.38. The quantitative estimate of drug-likeness (QED) is 0.718. The minimum Gasteiger partial charge on any atom is -0.478 e. The number of aryl methyl sites for hydroxylation is 1. The minimum atomic E-state index is -0.491. The summed E-state index contributed by atoms with van der Waals surface area (Å²) in [6, 6.07) is 4.95. The van der Waals surface area contributed by atoms with Crippen molar-refractivity contribution in [3.05, 3.63) is 35.9 Å². The third kappa shape index (κ3) is 4.18. The summed E-state index contributed by atoms with van der Waals surface area (Å²) < 4.78 is 7.62. The highest BCUT2D eigenvalue weighted by atomic mass is 16.5. The maximum atomic E-state index is 12.2. The smallest absolute Gasteiger partial charge is 0.315 e. The van der Waals surface area contributed by atoms with Gasteiger partial charge in [-0.15, -0.1) is 10.2 Å². The zero-order chi connectivity index (χ0) is 19.4. The second-order valence-corrected chi connectivity index (χ2v) is 6.34. The summed E-state index contributed by atoms with van der Waals surface area (Å²) in [6.45, 7) is 6.80. The van der Waals surface area contributed by atoms with Crippen LogP contribution in [-0.4, -0.2) is 32.8 Å². The first-order valence-corrected chi connectivity index (χ1v) is 9.04. The van der Waals surface area contributed by atoms with Gasteiger partial charge in [-0.1, -0.05) is 13.0 Å². The van der Waals surface area contributed by atoms with Crippen molar-refractivity contribution in [2.45, 2.75) is 52.4 Å². The molecule has 2 aromatic rings. The van der Waals surface area contributed by atoms with Gasteiger partial charge in [-0.25, -0.2) is 4.79 Å². The Hall–Kier alpha value is -3.10. The Morgan fingerprint density at radius 1 is 1.41 bits per heavy atom. The van der Waals surface area contributed by atoms with Crippen LogP contribution in [0.4, 0.5) is 10.5 Å². The maximum Gasteiger partial charge on any atom is 0.315 e. The molecule has 1 aromatic carbocycles. The predicted octanol–water partition coefficient (Wildman–Crippen LogP) is 1.97. The number of aromatic nitrogens is 3. The molecular formula is C18H24N6O3. The molecule has 3 rings (SSSR count). The van der Waals surface area contributed by atoms with Crippen molar-refractivity contribution in [2.24, 2.45) is 0 Å². The second kappa shape index (κ2) is 8.07. The van der Waals surface area contributed by atoms with Gasteiger partial charge in [0.1, 0.15) is 12.1 Å². The number of anilines is 1. The fourth-order valence-electron chi connectivity index (χ4n) is 2.87. The van der Waals surface area contributed by atoms with Crippen LogP contribution >= 0.6 is 0 Å². The lowest BCUT2D eigenvalue weighted by Gasteiger charge is -2.26. The monoisotopic (exact) mass is 372 g/mol. The molecule has 0 fully saturated rings. The Morgan fingerprint density at radius 2 is 2.22 bits per heavy atom. The van der Waals surface area contributed by atoms with Crippen molar-refractivity contribution in [1.29, 1.82) is 0 Å². The summed E-state index contributed by atoms with van der Waals surface area (Å²) in [7, 11) is 0. The third-order valence-electron chi connectivity index (χ3n) is 4.49. The second-order valence-electron chi connectivity index (χ2n) is 6.34. The van der Waals surface area contributed by atoms with E-state index in [2.05, 4.69) is 26.1 Å². The van der Waals surface area contributed by atoms with Crippen molar-refractivity contribution >= 4 is 17.6 Å². The number of hydrogen-bond acceptors (Lipinski definition) is 5. The van der Waals surface area contributed by atoms with E-state index in [-0.39, 0.29) is 18.0 Å². The highest BCUT2D eigenvalue weighted by molar-refractivity contribution is 5.97. The molecule has 3 amide bonds. The zero-order valence-electron chi connectivity index (χ0n) is 15.7. The molecule has 0 saturated heterocycles. The van der Waals surface area contributed by atoms with Crippen LogP contribution in [0.3, 0.4) is 0 Å². The number of rotatable bonds is 6. The minimum absolute atomic E-state index is 0.136. The molecule has 3 N–H and O–H groups in total. The Bertz CT molecular complexity index is 834. The molecule has 2 heterocycles. The van der Waals surface area contributed by atoms with Crippen LogP contribution in [0.15, 0.2) is 24.5 Å². The molecule has 27 heavy (non-hydrogen) atoms. The lowest BCUT2D eigenvalue weighted by molar-refractivity contribution is -0.123. The molecule has 0 unspecified atom stereocenters. The number of amides is 3. The van der Waals surface area contributed by atoms with Gasteiger partial charge in [-0.3, -0.25) is 4.79 Å². The van der Waals surface area contributed by atoms with Gasteiger partial charge in [-0.2, -0.15) is 0 Å². The van der Waals surface area contributed by atoms with Crippen LogP contribution in [-0.2, 0) is 17.9 Å². The maximum absolute atomic E-state index is 12.2. The van der Waals surface area contributed by atoms with Gasteiger partial charge in [0.25, 0.3) is 5.91 Å². The predicted molar refractivity (Wildman–Crippen MR) is 99.3 cm³/mol. The van der Waals surface area contributed by atoms with Gasteiger partial charge >= 0.3 is 6.03 Å². The summed E-state index contributed by atoms with van der Waals surface area (Å²) in [6.07, 6.45) is 1.73. The summed E-state index contributed by atoms with van der Waals surface area (Å²) in [5.41, 5.74) is 1.52. The molecular weight excluding hydrogens is 348 g/mol. The van der Waals surface area contributed by atoms with E-state index in [0.717, 1.165) is 12.1 Å². The molecule has 1 aromatic heterocycles. The van der Waals surface area contributed by atoms with Gasteiger partial charge in [0.2, 0.25) is 0 Å². The Kier molecular flexibility index (Phi) is 5.58. The van der Waals surface area contributed by atoms with E-state index in [4.69, 9.17) is 4.74 Å². The fourth-order valence-corrected chi connectivity index (χ4v) is 2.87. The first-order chi connectivity index (χ1) is 13.0. The zero-order valence-corrected chi connectivity index (χ0v) is 15.7. The van der Waals surface area contributed by atoms with Crippen LogP contribution in [0, 0.1) is 0 Å². The topological polar surface area (TPSA) is 110 Å². The average molecular weight is 372 g/mol. The SMILES string of the molecule is CC[C@@H]1Oc2cc([C@@H](C)NC(=O)NCc3nncn3CC)ccc2NC1=O. The van der Waals surface area contributed by atoms with Crippen LogP contribution < -0.4 is 20.7 Å². The number of nitrogens with one attached hydrogen (secondary N) is 3. The molecule has 1 aliphatic rings. The van der Waals surface area contributed by atoms with Crippen LogP contribution in [0.2, 0.25) is 0 Å². The molecule has 9 heteroatoms. The van der Waals surface area contributed by atoms with Gasteiger partial charge in [0.15, 0.2) is 11.9 Å². The normalized spacial score (nSPS) is 16.7. The molecule has 0 radical (unpaired) electrons. The molecule has 0 aliphatic carbocycles.